The van der Waals surface area contributed by atoms with E-state index in [9.17, 15) is 14.4 Å². The second-order valence-electron chi connectivity index (χ2n) is 6.32. The maximum absolute atomic E-state index is 12.8. The highest BCUT2D eigenvalue weighted by Gasteiger charge is 2.61. The third-order valence-corrected chi connectivity index (χ3v) is 4.20. The van der Waals surface area contributed by atoms with Crippen molar-refractivity contribution in [3.8, 4) is 0 Å². The highest BCUT2D eigenvalue weighted by molar-refractivity contribution is 6.26. The molecule has 2 aliphatic heterocycles. The van der Waals surface area contributed by atoms with Gasteiger partial charge >= 0.3 is 6.03 Å². The summed E-state index contributed by atoms with van der Waals surface area (Å²) in [5, 5.41) is 5.30. The molecule has 0 aliphatic carbocycles. The first-order valence-electron chi connectivity index (χ1n) is 7.43. The lowest BCUT2D eigenvalue weighted by molar-refractivity contribution is -0.137. The Morgan fingerprint density at radius 1 is 1.23 bits per heavy atom. The Labute approximate surface area is 128 Å². The molecule has 0 bridgehead atoms. The van der Waals surface area contributed by atoms with E-state index in [4.69, 9.17) is 0 Å². The summed E-state index contributed by atoms with van der Waals surface area (Å²) in [6.07, 6.45) is 0.706. The van der Waals surface area contributed by atoms with E-state index in [0.717, 1.165) is 10.5 Å². The number of aryl methyl sites for hydroxylation is 1. The van der Waals surface area contributed by atoms with Gasteiger partial charge in [0.1, 0.15) is 0 Å². The highest BCUT2D eigenvalue weighted by Crippen LogP contribution is 2.40. The number of nitrogens with one attached hydrogen (secondary N) is 2. The van der Waals surface area contributed by atoms with E-state index in [0.29, 0.717) is 30.1 Å². The predicted molar refractivity (Wildman–Crippen MR) is 81.2 cm³/mol. The summed E-state index contributed by atoms with van der Waals surface area (Å²) in [4.78, 5) is 38.6. The van der Waals surface area contributed by atoms with Crippen LogP contribution in [0.3, 0.4) is 0 Å². The molecule has 6 heteroatoms. The van der Waals surface area contributed by atoms with Crippen LogP contribution in [-0.2, 0) is 15.1 Å². The van der Waals surface area contributed by atoms with Crippen molar-refractivity contribution in [1.29, 1.82) is 0 Å². The summed E-state index contributed by atoms with van der Waals surface area (Å²) in [6, 6.07) is 4.89. The Bertz CT molecular complexity index is 683. The fourth-order valence-electron chi connectivity index (χ4n) is 2.92. The van der Waals surface area contributed by atoms with Crippen LogP contribution in [0.5, 0.6) is 0 Å². The van der Waals surface area contributed by atoms with Crippen LogP contribution in [-0.4, -0.2) is 29.3 Å². The number of urea groups is 1. The van der Waals surface area contributed by atoms with Gasteiger partial charge < -0.3 is 10.6 Å². The van der Waals surface area contributed by atoms with Gasteiger partial charge in [0, 0.05) is 17.8 Å². The van der Waals surface area contributed by atoms with E-state index in [1.807, 2.05) is 26.8 Å². The van der Waals surface area contributed by atoms with Crippen LogP contribution in [0.25, 0.3) is 0 Å². The Hall–Kier alpha value is -2.37. The topological polar surface area (TPSA) is 78.5 Å². The van der Waals surface area contributed by atoms with Gasteiger partial charge in [0.25, 0.3) is 11.8 Å². The minimum absolute atomic E-state index is 0.318. The molecule has 1 aromatic rings. The zero-order valence-corrected chi connectivity index (χ0v) is 12.9. The average molecular weight is 301 g/mol. The molecule has 2 N–H and O–H groups in total. The third kappa shape index (κ3) is 1.90. The lowest BCUT2D eigenvalue weighted by atomic mass is 9.90. The van der Waals surface area contributed by atoms with Crippen LogP contribution in [0.15, 0.2) is 18.2 Å². The number of fused-ring (bicyclic) bond motifs is 2. The lowest BCUT2D eigenvalue weighted by Gasteiger charge is -2.19. The summed E-state index contributed by atoms with van der Waals surface area (Å²) in [7, 11) is 0. The molecule has 0 saturated carbocycles. The quantitative estimate of drug-likeness (QED) is 0.659. The molecule has 1 unspecified atom stereocenters. The minimum atomic E-state index is -1.60. The Balaban J connectivity index is 2.01. The number of nitrogens with zero attached hydrogens (tertiary/aromatic N) is 1. The van der Waals surface area contributed by atoms with Crippen LogP contribution in [0.2, 0.25) is 0 Å². The average Bonchev–Trinajstić information content (AvgIpc) is 2.85. The number of carbonyl (C=O) groups is 3. The van der Waals surface area contributed by atoms with Gasteiger partial charge in [-0.3, -0.25) is 14.5 Å². The van der Waals surface area contributed by atoms with Crippen molar-refractivity contribution in [2.45, 2.75) is 32.7 Å². The molecule has 6 nitrogen and oxygen atoms in total. The Morgan fingerprint density at radius 3 is 2.64 bits per heavy atom. The predicted octanol–water partition coefficient (Wildman–Crippen LogP) is 1.74. The van der Waals surface area contributed by atoms with E-state index in [2.05, 4.69) is 10.6 Å². The number of amides is 4. The zero-order valence-electron chi connectivity index (χ0n) is 12.9. The number of rotatable bonds is 3. The van der Waals surface area contributed by atoms with Crippen LogP contribution < -0.4 is 10.6 Å². The van der Waals surface area contributed by atoms with Crippen LogP contribution in [0.4, 0.5) is 10.5 Å². The fourth-order valence-corrected chi connectivity index (χ4v) is 2.92. The summed E-state index contributed by atoms with van der Waals surface area (Å²) in [5.74, 6) is -0.609. The molecule has 116 valence electrons. The van der Waals surface area contributed by atoms with Crippen LogP contribution >= 0.6 is 0 Å². The van der Waals surface area contributed by atoms with Gasteiger partial charge in [-0.25, -0.2) is 4.79 Å². The molecule has 22 heavy (non-hydrogen) atoms. The van der Waals surface area contributed by atoms with Gasteiger partial charge in [0.05, 0.1) is 0 Å². The molecular formula is C16H19N3O3. The van der Waals surface area contributed by atoms with Gasteiger partial charge in [-0.15, -0.1) is 0 Å². The van der Waals surface area contributed by atoms with Gasteiger partial charge in [-0.05, 0) is 25.3 Å². The van der Waals surface area contributed by atoms with Crippen molar-refractivity contribution in [3.63, 3.8) is 0 Å². The third-order valence-electron chi connectivity index (χ3n) is 4.20. The molecule has 1 spiro atoms. The van der Waals surface area contributed by atoms with Gasteiger partial charge in [-0.2, -0.15) is 0 Å². The normalized spacial score (nSPS) is 23.3. The monoisotopic (exact) mass is 301 g/mol. The summed E-state index contributed by atoms with van der Waals surface area (Å²) < 4.78 is 0. The Morgan fingerprint density at radius 2 is 1.95 bits per heavy atom. The first-order valence-corrected chi connectivity index (χ1v) is 7.43. The van der Waals surface area contributed by atoms with E-state index >= 15 is 0 Å². The molecule has 1 atom stereocenters. The van der Waals surface area contributed by atoms with Gasteiger partial charge in [0.15, 0.2) is 0 Å². The molecule has 2 heterocycles. The smallest absolute Gasteiger partial charge is 0.323 e. The Kier molecular flexibility index (Phi) is 3.20. The molecule has 2 aliphatic rings. The van der Waals surface area contributed by atoms with Crippen molar-refractivity contribution in [3.05, 3.63) is 29.3 Å². The van der Waals surface area contributed by atoms with E-state index in [-0.39, 0.29) is 0 Å². The fraction of sp³-hybridized carbons (Fsp3) is 0.438. The SMILES string of the molecule is Cc1ccc2c(c1)C1(NC(=O)N(CCC(C)C)C1=O)C(=O)N2. The molecule has 0 aromatic heterocycles. The van der Waals surface area contributed by atoms with E-state index in [1.165, 1.54) is 0 Å². The number of hydrogen-bond donors (Lipinski definition) is 2. The highest BCUT2D eigenvalue weighted by atomic mass is 16.2. The van der Waals surface area contributed by atoms with Gasteiger partial charge in [0.2, 0.25) is 5.54 Å². The summed E-state index contributed by atoms with van der Waals surface area (Å²) in [5.41, 5.74) is 0.435. The minimum Gasteiger partial charge on any atom is -0.323 e. The first-order chi connectivity index (χ1) is 10.4. The maximum Gasteiger partial charge on any atom is 0.325 e. The van der Waals surface area contributed by atoms with E-state index in [1.54, 1.807) is 12.1 Å². The molecular weight excluding hydrogens is 282 g/mol. The molecule has 1 fully saturated rings. The number of carbonyl (C=O) groups excluding carboxylic acids is 3. The lowest BCUT2D eigenvalue weighted by Crippen LogP contribution is -2.49. The van der Waals surface area contributed by atoms with E-state index < -0.39 is 23.4 Å². The molecule has 1 saturated heterocycles. The number of hydrogen-bond acceptors (Lipinski definition) is 3. The first kappa shape index (κ1) is 14.6. The van der Waals surface area contributed by atoms with Crippen molar-refractivity contribution in [2.24, 2.45) is 5.92 Å². The molecule has 3 rings (SSSR count). The number of anilines is 1. The van der Waals surface area contributed by atoms with Gasteiger partial charge in [-0.1, -0.05) is 31.5 Å². The number of benzene rings is 1. The van der Waals surface area contributed by atoms with Crippen LogP contribution in [0, 0.1) is 12.8 Å². The van der Waals surface area contributed by atoms with Crippen molar-refractivity contribution in [1.82, 2.24) is 10.2 Å². The van der Waals surface area contributed by atoms with Crippen molar-refractivity contribution >= 4 is 23.5 Å². The van der Waals surface area contributed by atoms with Crippen molar-refractivity contribution < 1.29 is 14.4 Å². The molecule has 0 radical (unpaired) electrons. The second-order valence-corrected chi connectivity index (χ2v) is 6.32. The largest absolute Gasteiger partial charge is 0.325 e. The molecule has 1 aromatic carbocycles. The number of imide groups is 1. The second kappa shape index (κ2) is 4.83. The standard InChI is InChI=1S/C16H19N3O3/c1-9(2)6-7-19-14(21)16(18-15(19)22)11-8-10(3)4-5-12(11)17-13(16)20/h4-5,8-9H,6-7H2,1-3H3,(H,17,20)(H,18,22). The summed E-state index contributed by atoms with van der Waals surface area (Å²) >= 11 is 0. The zero-order chi connectivity index (χ0) is 16.1. The molecule has 4 amide bonds. The summed E-state index contributed by atoms with van der Waals surface area (Å²) in [6.45, 7) is 6.25. The maximum atomic E-state index is 12.8. The van der Waals surface area contributed by atoms with Crippen molar-refractivity contribution in [2.75, 3.05) is 11.9 Å². The van der Waals surface area contributed by atoms with Crippen LogP contribution in [0.1, 0.15) is 31.4 Å².